The second kappa shape index (κ2) is 10.7. The Kier molecular flexibility index (Phi) is 7.65. The predicted molar refractivity (Wildman–Crippen MR) is 141 cm³/mol. The molecule has 1 aliphatic heterocycles. The van der Waals surface area contributed by atoms with Crippen molar-refractivity contribution in [3.05, 3.63) is 81.4 Å². The monoisotopic (exact) mass is 501 g/mol. The van der Waals surface area contributed by atoms with Gasteiger partial charge < -0.3 is 16.1 Å². The maximum absolute atomic E-state index is 11.8. The molecule has 4 aromatic rings. The zero-order valence-electron chi connectivity index (χ0n) is 22.3. The highest BCUT2D eigenvalue weighted by atomic mass is 16.4. The SMILES string of the molecule is CCc1ncc2c(n1)CN(Cc1cc(C(CC(=O)[O-])c3ccc4c(nnn4C)c3C)ccc1C)CC2.[NH4+]. The van der Waals surface area contributed by atoms with Gasteiger partial charge in [-0.3, -0.25) is 4.90 Å². The lowest BCUT2D eigenvalue weighted by atomic mass is 9.84. The number of aromatic nitrogens is 5. The average molecular weight is 502 g/mol. The van der Waals surface area contributed by atoms with Crippen LogP contribution in [0.2, 0.25) is 0 Å². The first kappa shape index (κ1) is 26.4. The largest absolute Gasteiger partial charge is 0.550 e. The maximum atomic E-state index is 11.8. The van der Waals surface area contributed by atoms with Gasteiger partial charge in [-0.15, -0.1) is 5.10 Å². The van der Waals surface area contributed by atoms with Crippen LogP contribution in [-0.4, -0.2) is 42.4 Å². The molecular weight excluding hydrogens is 466 g/mol. The maximum Gasteiger partial charge on any atom is 0.128 e. The second-order valence-electron chi connectivity index (χ2n) is 9.75. The quantitative estimate of drug-likeness (QED) is 0.411. The summed E-state index contributed by atoms with van der Waals surface area (Å²) in [7, 11) is 1.85. The first-order valence-corrected chi connectivity index (χ1v) is 12.5. The van der Waals surface area contributed by atoms with Gasteiger partial charge in [-0.05, 0) is 66.1 Å². The van der Waals surface area contributed by atoms with E-state index in [1.165, 1.54) is 16.7 Å². The van der Waals surface area contributed by atoms with Crippen LogP contribution in [0.25, 0.3) is 11.0 Å². The summed E-state index contributed by atoms with van der Waals surface area (Å²) in [6.07, 6.45) is 3.64. The molecule has 0 amide bonds. The van der Waals surface area contributed by atoms with Crippen LogP contribution in [0.15, 0.2) is 36.5 Å². The lowest BCUT2D eigenvalue weighted by Gasteiger charge is -2.29. The zero-order chi connectivity index (χ0) is 25.4. The number of rotatable bonds is 7. The minimum absolute atomic E-state index is 0. The number of hydrogen-bond acceptors (Lipinski definition) is 7. The topological polar surface area (TPSA) is 136 Å². The Morgan fingerprint density at radius 1 is 1.19 bits per heavy atom. The van der Waals surface area contributed by atoms with E-state index in [0.717, 1.165) is 71.7 Å². The van der Waals surface area contributed by atoms with Crippen molar-refractivity contribution in [2.24, 2.45) is 7.05 Å². The van der Waals surface area contributed by atoms with Gasteiger partial charge in [-0.2, -0.15) is 0 Å². The molecule has 2 aromatic carbocycles. The van der Waals surface area contributed by atoms with E-state index < -0.39 is 5.97 Å². The van der Waals surface area contributed by atoms with Crippen LogP contribution in [0, 0.1) is 13.8 Å². The van der Waals surface area contributed by atoms with Gasteiger partial charge in [0.05, 0.1) is 11.2 Å². The van der Waals surface area contributed by atoms with Crippen molar-refractivity contribution in [2.75, 3.05) is 6.54 Å². The number of carboxylic acid groups (broad SMARTS) is 1. The molecule has 9 heteroatoms. The number of carbonyl (C=O) groups excluding carboxylic acids is 1. The fourth-order valence-electron chi connectivity index (χ4n) is 5.22. The zero-order valence-corrected chi connectivity index (χ0v) is 22.3. The number of nitrogens with zero attached hydrogens (tertiary/aromatic N) is 6. The molecule has 4 N–H and O–H groups in total. The molecule has 1 atom stereocenters. The molecule has 37 heavy (non-hydrogen) atoms. The second-order valence-corrected chi connectivity index (χ2v) is 9.75. The van der Waals surface area contributed by atoms with Gasteiger partial charge in [0.25, 0.3) is 0 Å². The molecule has 0 radical (unpaired) electrons. The molecule has 0 saturated heterocycles. The number of carbonyl (C=O) groups is 1. The number of benzene rings is 2. The molecule has 3 heterocycles. The van der Waals surface area contributed by atoms with E-state index in [1.807, 2.05) is 38.4 Å². The van der Waals surface area contributed by atoms with Crippen LogP contribution in [0.3, 0.4) is 0 Å². The van der Waals surface area contributed by atoms with E-state index >= 15 is 0 Å². The summed E-state index contributed by atoms with van der Waals surface area (Å²) >= 11 is 0. The summed E-state index contributed by atoms with van der Waals surface area (Å²) in [4.78, 5) is 23.4. The van der Waals surface area contributed by atoms with Gasteiger partial charge in [-0.1, -0.05) is 36.4 Å². The van der Waals surface area contributed by atoms with Crippen LogP contribution in [-0.2, 0) is 37.8 Å². The predicted octanol–water partition coefficient (Wildman–Crippen LogP) is 3.14. The molecule has 0 aliphatic carbocycles. The number of quaternary nitrogens is 1. The lowest BCUT2D eigenvalue weighted by Crippen LogP contribution is -2.31. The third kappa shape index (κ3) is 5.23. The molecule has 9 nitrogen and oxygen atoms in total. The Bertz CT molecular complexity index is 1450. The summed E-state index contributed by atoms with van der Waals surface area (Å²) in [5.74, 6) is -0.517. The van der Waals surface area contributed by atoms with Crippen molar-refractivity contribution in [1.29, 1.82) is 0 Å². The third-order valence-electron chi connectivity index (χ3n) is 7.39. The molecule has 0 saturated carbocycles. The molecule has 1 aliphatic rings. The Morgan fingerprint density at radius 2 is 2.00 bits per heavy atom. The minimum atomic E-state index is -1.07. The summed E-state index contributed by atoms with van der Waals surface area (Å²) < 4.78 is 1.73. The Balaban J connectivity index is 0.00000320. The standard InChI is InChI=1S/C28H32N6O2.H3N/c1-5-26-29-14-20-10-11-34(16-24(20)30-26)15-21-12-19(7-6-17(21)2)23(13-27(35)36)22-8-9-25-28(18(22)3)31-32-33(25)4;/h6-9,12,14,23H,5,10-11,13,15-16H2,1-4H3,(H,35,36);1H3. The van der Waals surface area contributed by atoms with E-state index in [0.29, 0.717) is 0 Å². The first-order valence-electron chi connectivity index (χ1n) is 12.5. The van der Waals surface area contributed by atoms with Crippen LogP contribution in [0.5, 0.6) is 0 Å². The fourth-order valence-corrected chi connectivity index (χ4v) is 5.22. The summed E-state index contributed by atoms with van der Waals surface area (Å²) in [5.41, 5.74) is 9.32. The highest BCUT2D eigenvalue weighted by Crippen LogP contribution is 2.34. The molecule has 0 spiro atoms. The normalized spacial score (nSPS) is 14.3. The average Bonchev–Trinajstić information content (AvgIpc) is 3.25. The van der Waals surface area contributed by atoms with Crippen molar-refractivity contribution >= 4 is 17.0 Å². The molecule has 0 bridgehead atoms. The van der Waals surface area contributed by atoms with Crippen molar-refractivity contribution in [1.82, 2.24) is 36.0 Å². The Morgan fingerprint density at radius 3 is 2.76 bits per heavy atom. The van der Waals surface area contributed by atoms with Gasteiger partial charge in [-0.25, -0.2) is 14.6 Å². The Hall–Kier alpha value is -3.69. The molecule has 0 fully saturated rings. The van der Waals surface area contributed by atoms with Gasteiger partial charge >= 0.3 is 0 Å². The summed E-state index contributed by atoms with van der Waals surface area (Å²) in [6.45, 7) is 8.69. The Labute approximate surface area is 217 Å². The van der Waals surface area contributed by atoms with Crippen LogP contribution in [0.1, 0.15) is 64.2 Å². The summed E-state index contributed by atoms with van der Waals surface area (Å²) in [6, 6.07) is 10.3. The van der Waals surface area contributed by atoms with Gasteiger partial charge in [0, 0.05) is 51.2 Å². The van der Waals surface area contributed by atoms with E-state index in [-0.39, 0.29) is 18.5 Å². The van der Waals surface area contributed by atoms with Crippen LogP contribution in [0.4, 0.5) is 0 Å². The number of fused-ring (bicyclic) bond motifs is 2. The summed E-state index contributed by atoms with van der Waals surface area (Å²) in [5, 5.41) is 20.2. The van der Waals surface area contributed by atoms with Crippen molar-refractivity contribution in [2.45, 2.75) is 59.0 Å². The molecule has 194 valence electrons. The van der Waals surface area contributed by atoms with Crippen molar-refractivity contribution in [3.63, 3.8) is 0 Å². The van der Waals surface area contributed by atoms with Gasteiger partial charge in [0.1, 0.15) is 11.3 Å². The van der Waals surface area contributed by atoms with E-state index in [1.54, 1.807) is 4.68 Å². The van der Waals surface area contributed by atoms with Crippen molar-refractivity contribution < 1.29 is 9.90 Å². The molecule has 2 aromatic heterocycles. The minimum Gasteiger partial charge on any atom is -0.550 e. The highest BCUT2D eigenvalue weighted by Gasteiger charge is 2.22. The number of aliphatic carboxylic acids is 1. The molecular formula is C28H35N7O2. The van der Waals surface area contributed by atoms with Crippen LogP contribution < -0.4 is 11.3 Å². The molecule has 5 rings (SSSR count). The first-order chi connectivity index (χ1) is 17.3. The van der Waals surface area contributed by atoms with Gasteiger partial charge in [0.2, 0.25) is 0 Å². The smallest absolute Gasteiger partial charge is 0.128 e. The third-order valence-corrected chi connectivity index (χ3v) is 7.39. The number of aryl methyl sites for hydroxylation is 4. The van der Waals surface area contributed by atoms with E-state index in [9.17, 15) is 9.90 Å². The fraction of sp³-hybridized carbons (Fsp3) is 0.393. The van der Waals surface area contributed by atoms with Gasteiger partial charge in [0.15, 0.2) is 0 Å². The van der Waals surface area contributed by atoms with Crippen LogP contribution >= 0.6 is 0 Å². The van der Waals surface area contributed by atoms with E-state index in [2.05, 4.69) is 46.2 Å². The van der Waals surface area contributed by atoms with Crippen molar-refractivity contribution in [3.8, 4) is 0 Å². The number of hydrogen-bond donors (Lipinski definition) is 1. The van der Waals surface area contributed by atoms with E-state index in [4.69, 9.17) is 4.98 Å². The number of carboxylic acids is 1. The highest BCUT2D eigenvalue weighted by molar-refractivity contribution is 5.80. The molecule has 1 unspecified atom stereocenters. The lowest BCUT2D eigenvalue weighted by molar-refractivity contribution is -0.306.